The summed E-state index contributed by atoms with van der Waals surface area (Å²) in [5.74, 6) is 1.85. The molecule has 0 bridgehead atoms. The molecule has 1 aromatic rings. The van der Waals surface area contributed by atoms with Gasteiger partial charge >= 0.3 is 0 Å². The molecule has 0 radical (unpaired) electrons. The van der Waals surface area contributed by atoms with Gasteiger partial charge in [0.2, 0.25) is 0 Å². The summed E-state index contributed by atoms with van der Waals surface area (Å²) in [5.41, 5.74) is 7.36. The summed E-state index contributed by atoms with van der Waals surface area (Å²) in [7, 11) is 1.64. The lowest BCUT2D eigenvalue weighted by atomic mass is 10.0. The Balaban J connectivity index is 2.30. The molecule has 1 aromatic carbocycles. The van der Waals surface area contributed by atoms with Crippen LogP contribution in [-0.2, 0) is 0 Å². The first-order valence-corrected chi connectivity index (χ1v) is 5.93. The molecule has 0 amide bonds. The highest BCUT2D eigenvalue weighted by molar-refractivity contribution is 6.32. The second-order valence-corrected chi connectivity index (χ2v) is 5.44. The molecule has 0 aromatic heterocycles. The molecule has 88 valence electrons. The first kappa shape index (κ1) is 11.7. The number of hydrogen-bond acceptors (Lipinski definition) is 2. The Kier molecular flexibility index (Phi) is 2.89. The molecule has 2 rings (SSSR count). The summed E-state index contributed by atoms with van der Waals surface area (Å²) in [4.78, 5) is 0. The van der Waals surface area contributed by atoms with E-state index in [0.717, 1.165) is 12.3 Å². The fourth-order valence-corrected chi connectivity index (χ4v) is 2.91. The van der Waals surface area contributed by atoms with Gasteiger partial charge in [0, 0.05) is 0 Å². The number of halogens is 1. The Hall–Kier alpha value is -0.730. The van der Waals surface area contributed by atoms with Crippen LogP contribution in [0.2, 0.25) is 5.02 Å². The molecule has 3 heteroatoms. The number of methoxy groups -OCH3 is 1. The zero-order valence-corrected chi connectivity index (χ0v) is 10.7. The van der Waals surface area contributed by atoms with Crippen molar-refractivity contribution in [1.29, 1.82) is 0 Å². The Labute approximate surface area is 102 Å². The maximum atomic E-state index is 6.01. The van der Waals surface area contributed by atoms with Crippen molar-refractivity contribution in [2.24, 2.45) is 17.1 Å². The minimum atomic E-state index is 0.299. The standard InChI is InChI=1S/C13H18ClNO/c1-13(2)9(7-15)12(13)8-4-5-10(14)11(6-8)16-3/h4-6,9,12H,7,15H2,1-3H3/t9-,12-/m1/s1. The van der Waals surface area contributed by atoms with E-state index < -0.39 is 0 Å². The normalized spacial score (nSPS) is 26.6. The summed E-state index contributed by atoms with van der Waals surface area (Å²) in [6.45, 7) is 5.26. The Morgan fingerprint density at radius 1 is 1.44 bits per heavy atom. The van der Waals surface area contributed by atoms with Crippen molar-refractivity contribution in [3.05, 3.63) is 28.8 Å². The number of benzene rings is 1. The van der Waals surface area contributed by atoms with Gasteiger partial charge in [0.05, 0.1) is 12.1 Å². The first-order chi connectivity index (χ1) is 7.52. The predicted molar refractivity (Wildman–Crippen MR) is 67.1 cm³/mol. The van der Waals surface area contributed by atoms with Crippen LogP contribution in [0.25, 0.3) is 0 Å². The topological polar surface area (TPSA) is 35.2 Å². The van der Waals surface area contributed by atoms with Gasteiger partial charge in [-0.1, -0.05) is 31.5 Å². The third-order valence-corrected chi connectivity index (χ3v) is 4.15. The predicted octanol–water partition coefficient (Wildman–Crippen LogP) is 3.05. The van der Waals surface area contributed by atoms with Crippen LogP contribution < -0.4 is 10.5 Å². The number of nitrogens with two attached hydrogens (primary N) is 1. The molecule has 1 aliphatic carbocycles. The maximum Gasteiger partial charge on any atom is 0.137 e. The van der Waals surface area contributed by atoms with Crippen LogP contribution in [0.4, 0.5) is 0 Å². The molecule has 1 saturated carbocycles. The minimum Gasteiger partial charge on any atom is -0.495 e. The first-order valence-electron chi connectivity index (χ1n) is 5.56. The molecule has 16 heavy (non-hydrogen) atoms. The summed E-state index contributed by atoms with van der Waals surface area (Å²) >= 11 is 6.01. The molecule has 1 fully saturated rings. The van der Waals surface area contributed by atoms with Crippen molar-refractivity contribution in [3.63, 3.8) is 0 Å². The molecule has 0 saturated heterocycles. The van der Waals surface area contributed by atoms with Gasteiger partial charge in [-0.25, -0.2) is 0 Å². The highest BCUT2D eigenvalue weighted by Crippen LogP contribution is 2.64. The lowest BCUT2D eigenvalue weighted by Crippen LogP contribution is -2.05. The van der Waals surface area contributed by atoms with Crippen LogP contribution in [-0.4, -0.2) is 13.7 Å². The third kappa shape index (κ3) is 1.70. The van der Waals surface area contributed by atoms with E-state index in [9.17, 15) is 0 Å². The van der Waals surface area contributed by atoms with Crippen molar-refractivity contribution in [3.8, 4) is 5.75 Å². The fraction of sp³-hybridized carbons (Fsp3) is 0.538. The Morgan fingerprint density at radius 3 is 2.62 bits per heavy atom. The van der Waals surface area contributed by atoms with E-state index in [1.807, 2.05) is 12.1 Å². The zero-order chi connectivity index (χ0) is 11.9. The molecule has 2 N–H and O–H groups in total. The highest BCUT2D eigenvalue weighted by atomic mass is 35.5. The monoisotopic (exact) mass is 239 g/mol. The number of hydrogen-bond donors (Lipinski definition) is 1. The van der Waals surface area contributed by atoms with Gasteiger partial charge in [-0.2, -0.15) is 0 Å². The second kappa shape index (κ2) is 3.94. The molecular weight excluding hydrogens is 222 g/mol. The largest absolute Gasteiger partial charge is 0.495 e. The van der Waals surface area contributed by atoms with Gasteiger partial charge < -0.3 is 10.5 Å². The van der Waals surface area contributed by atoms with E-state index in [1.165, 1.54) is 5.56 Å². The van der Waals surface area contributed by atoms with Crippen LogP contribution in [0, 0.1) is 11.3 Å². The smallest absolute Gasteiger partial charge is 0.137 e. The van der Waals surface area contributed by atoms with Gasteiger partial charge in [0.1, 0.15) is 5.75 Å². The van der Waals surface area contributed by atoms with Crippen LogP contribution in [0.5, 0.6) is 5.75 Å². The van der Waals surface area contributed by atoms with E-state index in [0.29, 0.717) is 22.3 Å². The van der Waals surface area contributed by atoms with Crippen molar-refractivity contribution in [1.82, 2.24) is 0 Å². The Bertz CT molecular complexity index is 403. The molecule has 0 unspecified atom stereocenters. The summed E-state index contributed by atoms with van der Waals surface area (Å²) in [6.07, 6.45) is 0. The Morgan fingerprint density at radius 2 is 2.12 bits per heavy atom. The van der Waals surface area contributed by atoms with Gasteiger partial charge in [-0.15, -0.1) is 0 Å². The molecule has 2 atom stereocenters. The summed E-state index contributed by atoms with van der Waals surface area (Å²) in [6, 6.07) is 6.01. The highest BCUT2D eigenvalue weighted by Gasteiger charge is 2.57. The maximum absolute atomic E-state index is 6.01. The average molecular weight is 240 g/mol. The van der Waals surface area contributed by atoms with E-state index in [-0.39, 0.29) is 0 Å². The SMILES string of the molecule is COc1cc([C@@H]2[C@@H](CN)C2(C)C)ccc1Cl. The van der Waals surface area contributed by atoms with Crippen molar-refractivity contribution < 1.29 is 4.74 Å². The number of rotatable bonds is 3. The molecule has 0 heterocycles. The lowest BCUT2D eigenvalue weighted by Gasteiger charge is -2.07. The van der Waals surface area contributed by atoms with Crippen LogP contribution in [0.15, 0.2) is 18.2 Å². The van der Waals surface area contributed by atoms with Gasteiger partial charge in [-0.3, -0.25) is 0 Å². The summed E-state index contributed by atoms with van der Waals surface area (Å²) < 4.78 is 5.24. The molecule has 0 spiro atoms. The van der Waals surface area contributed by atoms with Gasteiger partial charge in [0.15, 0.2) is 0 Å². The third-order valence-electron chi connectivity index (χ3n) is 3.84. The van der Waals surface area contributed by atoms with E-state index in [1.54, 1.807) is 7.11 Å². The van der Waals surface area contributed by atoms with Crippen molar-refractivity contribution in [2.45, 2.75) is 19.8 Å². The van der Waals surface area contributed by atoms with E-state index in [4.69, 9.17) is 22.1 Å². The number of ether oxygens (including phenoxy) is 1. The quantitative estimate of drug-likeness (QED) is 0.880. The fourth-order valence-electron chi connectivity index (χ4n) is 2.72. The molecule has 2 nitrogen and oxygen atoms in total. The van der Waals surface area contributed by atoms with Crippen LogP contribution in [0.1, 0.15) is 25.3 Å². The zero-order valence-electron chi connectivity index (χ0n) is 9.96. The molecular formula is C13H18ClNO. The van der Waals surface area contributed by atoms with Crippen LogP contribution >= 0.6 is 11.6 Å². The van der Waals surface area contributed by atoms with E-state index in [2.05, 4.69) is 19.9 Å². The van der Waals surface area contributed by atoms with Crippen molar-refractivity contribution in [2.75, 3.05) is 13.7 Å². The average Bonchev–Trinajstić information content (AvgIpc) is 2.81. The van der Waals surface area contributed by atoms with Gasteiger partial charge in [-0.05, 0) is 41.5 Å². The second-order valence-electron chi connectivity index (χ2n) is 5.04. The molecule has 1 aliphatic rings. The molecule has 0 aliphatic heterocycles. The minimum absolute atomic E-state index is 0.299. The summed E-state index contributed by atoms with van der Waals surface area (Å²) in [5, 5.41) is 0.661. The van der Waals surface area contributed by atoms with E-state index >= 15 is 0 Å². The van der Waals surface area contributed by atoms with Crippen molar-refractivity contribution >= 4 is 11.6 Å². The van der Waals surface area contributed by atoms with Gasteiger partial charge in [0.25, 0.3) is 0 Å². The van der Waals surface area contributed by atoms with Crippen LogP contribution in [0.3, 0.4) is 0 Å². The lowest BCUT2D eigenvalue weighted by molar-refractivity contribution is 0.414.